The van der Waals surface area contributed by atoms with Gasteiger partial charge in [0.05, 0.1) is 0 Å². The lowest BCUT2D eigenvalue weighted by Gasteiger charge is -2.13. The Morgan fingerprint density at radius 1 is 1.11 bits per heavy atom. The van der Waals surface area contributed by atoms with Crippen LogP contribution in [0.1, 0.15) is 31.2 Å². The maximum absolute atomic E-state index is 13.0. The zero-order valence-corrected chi connectivity index (χ0v) is 15.2. The van der Waals surface area contributed by atoms with E-state index in [0.717, 1.165) is 12.8 Å². The van der Waals surface area contributed by atoms with Gasteiger partial charge in [0.25, 0.3) is 0 Å². The molecule has 0 aliphatic carbocycles. The van der Waals surface area contributed by atoms with Gasteiger partial charge in [-0.05, 0) is 49.6 Å². The van der Waals surface area contributed by atoms with E-state index in [9.17, 15) is 9.18 Å². The third-order valence-electron chi connectivity index (χ3n) is 4.25. The zero-order chi connectivity index (χ0) is 19.1. The van der Waals surface area contributed by atoms with Crippen LogP contribution >= 0.6 is 0 Å². The first-order valence-corrected chi connectivity index (χ1v) is 9.02. The van der Waals surface area contributed by atoms with Crippen molar-refractivity contribution < 1.29 is 13.7 Å². The van der Waals surface area contributed by atoms with Gasteiger partial charge in [0.2, 0.25) is 17.6 Å². The molecule has 0 unspecified atom stereocenters. The van der Waals surface area contributed by atoms with E-state index in [1.807, 2.05) is 25.1 Å². The van der Waals surface area contributed by atoms with Gasteiger partial charge in [-0.15, -0.1) is 0 Å². The van der Waals surface area contributed by atoms with E-state index in [1.54, 1.807) is 12.1 Å². The molecular formula is C21H22FN3O2. The molecule has 0 radical (unpaired) electrons. The fourth-order valence-corrected chi connectivity index (χ4v) is 2.74. The minimum atomic E-state index is -0.319. The van der Waals surface area contributed by atoms with E-state index in [0.29, 0.717) is 23.7 Å². The Morgan fingerprint density at radius 2 is 1.85 bits per heavy atom. The van der Waals surface area contributed by atoms with E-state index in [4.69, 9.17) is 4.52 Å². The summed E-state index contributed by atoms with van der Waals surface area (Å²) in [5, 5.41) is 6.87. The molecule has 0 aliphatic heterocycles. The molecule has 1 aromatic heterocycles. The molecule has 3 rings (SSSR count). The molecule has 5 nitrogen and oxygen atoms in total. The maximum atomic E-state index is 13.0. The molecule has 2 aromatic carbocycles. The number of aryl methyl sites for hydroxylation is 2. The van der Waals surface area contributed by atoms with Crippen LogP contribution in [0.4, 0.5) is 4.39 Å². The quantitative estimate of drug-likeness (QED) is 0.655. The molecule has 3 aromatic rings. The lowest BCUT2D eigenvalue weighted by atomic mass is 10.1. The van der Waals surface area contributed by atoms with Gasteiger partial charge >= 0.3 is 0 Å². The van der Waals surface area contributed by atoms with Crippen molar-refractivity contribution in [3.63, 3.8) is 0 Å². The van der Waals surface area contributed by atoms with Gasteiger partial charge in [0, 0.05) is 24.4 Å². The number of benzene rings is 2. The summed E-state index contributed by atoms with van der Waals surface area (Å²) in [4.78, 5) is 16.4. The van der Waals surface area contributed by atoms with Gasteiger partial charge in [0.15, 0.2) is 0 Å². The van der Waals surface area contributed by atoms with Crippen molar-refractivity contribution in [1.29, 1.82) is 0 Å². The summed E-state index contributed by atoms with van der Waals surface area (Å²) in [5.74, 6) is 0.417. The van der Waals surface area contributed by atoms with Crippen LogP contribution in [0.3, 0.4) is 0 Å². The summed E-state index contributed by atoms with van der Waals surface area (Å²) in [6.45, 7) is 2.00. The summed E-state index contributed by atoms with van der Waals surface area (Å²) in [6, 6.07) is 16.2. The molecule has 1 heterocycles. The Hall–Kier alpha value is -3.02. The van der Waals surface area contributed by atoms with Gasteiger partial charge in [-0.25, -0.2) is 4.39 Å². The normalized spacial score (nSPS) is 11.9. The second-order valence-corrected chi connectivity index (χ2v) is 6.51. The van der Waals surface area contributed by atoms with Crippen molar-refractivity contribution >= 4 is 5.91 Å². The van der Waals surface area contributed by atoms with Crippen molar-refractivity contribution in [1.82, 2.24) is 15.5 Å². The van der Waals surface area contributed by atoms with Crippen LogP contribution in [0.5, 0.6) is 0 Å². The van der Waals surface area contributed by atoms with Crippen molar-refractivity contribution in [3.8, 4) is 11.4 Å². The number of hydrogen-bond acceptors (Lipinski definition) is 4. The second kappa shape index (κ2) is 9.07. The molecule has 1 N–H and O–H groups in total. The molecule has 27 heavy (non-hydrogen) atoms. The molecule has 0 bridgehead atoms. The van der Waals surface area contributed by atoms with Crippen LogP contribution in [-0.4, -0.2) is 22.1 Å². The average molecular weight is 367 g/mol. The maximum Gasteiger partial charge on any atom is 0.227 e. The predicted molar refractivity (Wildman–Crippen MR) is 100 cm³/mol. The number of halogens is 1. The Bertz CT molecular complexity index is 863. The topological polar surface area (TPSA) is 68.0 Å². The molecule has 1 amide bonds. The third-order valence-corrected chi connectivity index (χ3v) is 4.25. The predicted octanol–water partition coefficient (Wildman–Crippen LogP) is 3.95. The van der Waals surface area contributed by atoms with Gasteiger partial charge in [-0.1, -0.05) is 35.5 Å². The van der Waals surface area contributed by atoms with Gasteiger partial charge in [0.1, 0.15) is 5.82 Å². The first kappa shape index (κ1) is 18.8. The van der Waals surface area contributed by atoms with Crippen molar-refractivity contribution in [2.24, 2.45) is 0 Å². The molecule has 6 heteroatoms. The summed E-state index contributed by atoms with van der Waals surface area (Å²) >= 11 is 0. The summed E-state index contributed by atoms with van der Waals surface area (Å²) in [7, 11) is 0. The van der Waals surface area contributed by atoms with Crippen LogP contribution in [-0.2, 0) is 17.6 Å². The Morgan fingerprint density at radius 3 is 2.59 bits per heavy atom. The van der Waals surface area contributed by atoms with E-state index < -0.39 is 0 Å². The molecule has 0 aliphatic rings. The van der Waals surface area contributed by atoms with E-state index in [1.165, 1.54) is 17.7 Å². The standard InChI is InChI=1S/C21H22FN3O2/c1-15(7-8-16-5-3-2-4-6-16)23-19(26)13-14-20-24-21(25-27-20)17-9-11-18(22)12-10-17/h2-6,9-12,15H,7-8,13-14H2,1H3,(H,23,26)/t15-/m0/s1. The molecule has 0 saturated carbocycles. The van der Waals surface area contributed by atoms with E-state index >= 15 is 0 Å². The number of nitrogens with zero attached hydrogens (tertiary/aromatic N) is 2. The fraction of sp³-hybridized carbons (Fsp3) is 0.286. The second-order valence-electron chi connectivity index (χ2n) is 6.51. The highest BCUT2D eigenvalue weighted by Crippen LogP contribution is 2.16. The Labute approximate surface area is 157 Å². The Balaban J connectivity index is 1.43. The summed E-state index contributed by atoms with van der Waals surface area (Å²) in [5.41, 5.74) is 1.93. The molecule has 140 valence electrons. The highest BCUT2D eigenvalue weighted by atomic mass is 19.1. The first-order chi connectivity index (χ1) is 13.1. The fourth-order valence-electron chi connectivity index (χ4n) is 2.74. The largest absolute Gasteiger partial charge is 0.354 e. The minimum Gasteiger partial charge on any atom is -0.354 e. The Kier molecular flexibility index (Phi) is 6.30. The van der Waals surface area contributed by atoms with Crippen LogP contribution in [0.2, 0.25) is 0 Å². The lowest BCUT2D eigenvalue weighted by molar-refractivity contribution is -0.121. The summed E-state index contributed by atoms with van der Waals surface area (Å²) < 4.78 is 18.1. The highest BCUT2D eigenvalue weighted by Gasteiger charge is 2.12. The average Bonchev–Trinajstić information content (AvgIpc) is 3.15. The molecule has 0 spiro atoms. The number of nitrogens with one attached hydrogen (secondary N) is 1. The first-order valence-electron chi connectivity index (χ1n) is 9.02. The lowest BCUT2D eigenvalue weighted by Crippen LogP contribution is -2.33. The van der Waals surface area contributed by atoms with Crippen molar-refractivity contribution in [3.05, 3.63) is 71.9 Å². The number of carbonyl (C=O) groups is 1. The van der Waals surface area contributed by atoms with Crippen LogP contribution in [0, 0.1) is 5.82 Å². The molecule has 0 fully saturated rings. The van der Waals surface area contributed by atoms with Crippen molar-refractivity contribution in [2.45, 2.75) is 38.6 Å². The minimum absolute atomic E-state index is 0.0444. The number of rotatable bonds is 8. The van der Waals surface area contributed by atoms with Gasteiger partial charge < -0.3 is 9.84 Å². The molecular weight excluding hydrogens is 345 g/mol. The SMILES string of the molecule is C[C@@H](CCc1ccccc1)NC(=O)CCc1nc(-c2ccc(F)cc2)no1. The monoisotopic (exact) mass is 367 g/mol. The third kappa shape index (κ3) is 5.74. The zero-order valence-electron chi connectivity index (χ0n) is 15.2. The van der Waals surface area contributed by atoms with E-state index in [-0.39, 0.29) is 24.2 Å². The van der Waals surface area contributed by atoms with E-state index in [2.05, 4.69) is 27.6 Å². The highest BCUT2D eigenvalue weighted by molar-refractivity contribution is 5.76. The van der Waals surface area contributed by atoms with Gasteiger partial charge in [-0.3, -0.25) is 4.79 Å². The van der Waals surface area contributed by atoms with Crippen LogP contribution < -0.4 is 5.32 Å². The number of carbonyl (C=O) groups excluding carboxylic acids is 1. The summed E-state index contributed by atoms with van der Waals surface area (Å²) in [6.07, 6.45) is 2.45. The van der Waals surface area contributed by atoms with Crippen LogP contribution in [0.25, 0.3) is 11.4 Å². The van der Waals surface area contributed by atoms with Gasteiger partial charge in [-0.2, -0.15) is 4.98 Å². The molecule has 0 saturated heterocycles. The van der Waals surface area contributed by atoms with Crippen molar-refractivity contribution in [2.75, 3.05) is 0 Å². The molecule has 1 atom stereocenters. The number of hydrogen-bond donors (Lipinski definition) is 1. The number of amides is 1. The number of aromatic nitrogens is 2. The smallest absolute Gasteiger partial charge is 0.227 e. The van der Waals surface area contributed by atoms with Crippen LogP contribution in [0.15, 0.2) is 59.1 Å².